The number of amides is 1. The Bertz CT molecular complexity index is 1390. The first-order valence-electron chi connectivity index (χ1n) is 12.2. The quantitative estimate of drug-likeness (QED) is 0.222. The number of nitrogens with one attached hydrogen (secondary N) is 1. The van der Waals surface area contributed by atoms with Crippen LogP contribution in [-0.4, -0.2) is 83.7 Å². The van der Waals surface area contributed by atoms with E-state index in [1.165, 1.54) is 40.7 Å². The van der Waals surface area contributed by atoms with E-state index in [1.54, 1.807) is 13.8 Å². The highest BCUT2D eigenvalue weighted by Gasteiger charge is 2.33. The summed E-state index contributed by atoms with van der Waals surface area (Å²) >= 11 is 0. The van der Waals surface area contributed by atoms with Crippen LogP contribution in [-0.2, 0) is 29.6 Å². The van der Waals surface area contributed by atoms with Crippen molar-refractivity contribution in [2.45, 2.75) is 31.2 Å². The van der Waals surface area contributed by atoms with Gasteiger partial charge in [-0.2, -0.15) is 4.31 Å². The number of non-ortho nitro benzene ring substituents is 1. The highest BCUT2D eigenvalue weighted by Crippen LogP contribution is 2.30. The third-order valence-corrected chi connectivity index (χ3v) is 9.15. The lowest BCUT2D eigenvalue weighted by Crippen LogP contribution is -2.50. The summed E-state index contributed by atoms with van der Waals surface area (Å²) in [5.74, 6) is -0.202. The van der Waals surface area contributed by atoms with E-state index in [9.17, 15) is 31.7 Å². The number of anilines is 1. The number of aryl methyl sites for hydroxylation is 1. The third-order valence-electron chi connectivity index (χ3n) is 6.07. The first-order chi connectivity index (χ1) is 18.4. The predicted octanol–water partition coefficient (Wildman–Crippen LogP) is 1.66. The van der Waals surface area contributed by atoms with Crippen molar-refractivity contribution < 1.29 is 36.0 Å². The molecule has 1 fully saturated rings. The van der Waals surface area contributed by atoms with Crippen LogP contribution >= 0.6 is 0 Å². The van der Waals surface area contributed by atoms with Crippen molar-refractivity contribution in [2.75, 3.05) is 50.0 Å². The molecule has 15 heteroatoms. The van der Waals surface area contributed by atoms with Crippen LogP contribution in [0.25, 0.3) is 0 Å². The van der Waals surface area contributed by atoms with Gasteiger partial charge in [0.05, 0.1) is 41.5 Å². The van der Waals surface area contributed by atoms with E-state index in [1.807, 2.05) is 0 Å². The number of morpholine rings is 1. The van der Waals surface area contributed by atoms with Crippen molar-refractivity contribution in [1.29, 1.82) is 0 Å². The Morgan fingerprint density at radius 1 is 1.15 bits per heavy atom. The molecule has 2 aromatic rings. The summed E-state index contributed by atoms with van der Waals surface area (Å²) in [6.45, 7) is 4.58. The van der Waals surface area contributed by atoms with Gasteiger partial charge in [0.25, 0.3) is 5.69 Å². The molecule has 1 heterocycles. The van der Waals surface area contributed by atoms with Gasteiger partial charge in [0.2, 0.25) is 26.0 Å². The number of sulfonamides is 2. The second-order valence-electron chi connectivity index (χ2n) is 8.84. The normalized spacial score (nSPS) is 15.4. The van der Waals surface area contributed by atoms with Crippen molar-refractivity contribution in [3.63, 3.8) is 0 Å². The van der Waals surface area contributed by atoms with Gasteiger partial charge in [-0.1, -0.05) is 13.0 Å². The van der Waals surface area contributed by atoms with Gasteiger partial charge in [0.1, 0.15) is 18.4 Å². The fourth-order valence-electron chi connectivity index (χ4n) is 4.09. The molecular weight excluding hydrogens is 552 g/mol. The number of ether oxygens (including phenoxy) is 2. The maximum absolute atomic E-state index is 13.0. The Morgan fingerprint density at radius 2 is 1.79 bits per heavy atom. The van der Waals surface area contributed by atoms with E-state index in [0.717, 1.165) is 16.6 Å². The smallest absolute Gasteiger partial charge is 0.271 e. The maximum atomic E-state index is 13.0. The highest BCUT2D eigenvalue weighted by molar-refractivity contribution is 7.92. The molecule has 0 radical (unpaired) electrons. The lowest BCUT2D eigenvalue weighted by atomic mass is 10.1. The molecular formula is C24H32N4O9S2. The highest BCUT2D eigenvalue weighted by atomic mass is 32.2. The molecule has 39 heavy (non-hydrogen) atoms. The number of hydrogen-bond donors (Lipinski definition) is 1. The molecule has 2 aromatic carbocycles. The van der Waals surface area contributed by atoms with E-state index in [0.29, 0.717) is 24.5 Å². The van der Waals surface area contributed by atoms with Crippen LogP contribution in [0.15, 0.2) is 47.4 Å². The molecule has 3 rings (SSSR count). The zero-order valence-corrected chi connectivity index (χ0v) is 23.5. The second kappa shape index (κ2) is 12.7. The maximum Gasteiger partial charge on any atom is 0.271 e. The monoisotopic (exact) mass is 584 g/mol. The van der Waals surface area contributed by atoms with Crippen LogP contribution in [0.2, 0.25) is 0 Å². The fraction of sp³-hybridized carbons (Fsp3) is 0.458. The molecule has 1 atom stereocenters. The summed E-state index contributed by atoms with van der Waals surface area (Å²) in [5, 5.41) is 13.9. The molecule has 0 unspecified atom stereocenters. The Hall–Kier alpha value is -3.27. The Kier molecular flexibility index (Phi) is 9.88. The van der Waals surface area contributed by atoms with Crippen LogP contribution in [0.3, 0.4) is 0 Å². The molecule has 1 aliphatic rings. The van der Waals surface area contributed by atoms with Gasteiger partial charge >= 0.3 is 0 Å². The van der Waals surface area contributed by atoms with Crippen molar-refractivity contribution in [3.8, 4) is 5.75 Å². The Labute approximate surface area is 227 Å². The van der Waals surface area contributed by atoms with E-state index in [4.69, 9.17) is 9.47 Å². The van der Waals surface area contributed by atoms with E-state index < -0.39 is 36.9 Å². The number of nitro benzene ring substituents is 1. The van der Waals surface area contributed by atoms with Crippen molar-refractivity contribution in [2.24, 2.45) is 0 Å². The SMILES string of the molecule is CC[C@H](C(=O)NCCOc1ccc(S(=O)(=O)N2CCOCC2)cc1)N(c1cc([N+](=O)[O-])ccc1C)S(C)(=O)=O. The lowest BCUT2D eigenvalue weighted by molar-refractivity contribution is -0.384. The van der Waals surface area contributed by atoms with Gasteiger partial charge in [-0.3, -0.25) is 19.2 Å². The van der Waals surface area contributed by atoms with Crippen LogP contribution in [0.5, 0.6) is 5.75 Å². The number of carbonyl (C=O) groups is 1. The molecule has 13 nitrogen and oxygen atoms in total. The van der Waals surface area contributed by atoms with Gasteiger partial charge in [0, 0.05) is 25.2 Å². The van der Waals surface area contributed by atoms with Crippen LogP contribution in [0, 0.1) is 17.0 Å². The molecule has 214 valence electrons. The van der Waals surface area contributed by atoms with Crippen molar-refractivity contribution in [3.05, 3.63) is 58.1 Å². The molecule has 0 aliphatic carbocycles. The fourth-order valence-corrected chi connectivity index (χ4v) is 6.76. The van der Waals surface area contributed by atoms with Crippen LogP contribution in [0.4, 0.5) is 11.4 Å². The number of nitro groups is 1. The first kappa shape index (κ1) is 30.3. The van der Waals surface area contributed by atoms with Gasteiger partial charge in [-0.05, 0) is 43.2 Å². The molecule has 1 amide bonds. The zero-order valence-electron chi connectivity index (χ0n) is 21.9. The minimum Gasteiger partial charge on any atom is -0.492 e. The summed E-state index contributed by atoms with van der Waals surface area (Å²) in [6, 6.07) is 8.60. The van der Waals surface area contributed by atoms with Crippen molar-refractivity contribution in [1.82, 2.24) is 9.62 Å². The first-order valence-corrected chi connectivity index (χ1v) is 15.5. The summed E-state index contributed by atoms with van der Waals surface area (Å²) < 4.78 is 63.9. The van der Waals surface area contributed by atoms with Gasteiger partial charge in [0.15, 0.2) is 0 Å². The van der Waals surface area contributed by atoms with Crippen molar-refractivity contribution >= 4 is 37.3 Å². The number of benzene rings is 2. The number of hydrogen-bond acceptors (Lipinski definition) is 9. The molecule has 0 spiro atoms. The van der Waals surface area contributed by atoms with Gasteiger partial charge < -0.3 is 14.8 Å². The average Bonchev–Trinajstić information content (AvgIpc) is 2.90. The lowest BCUT2D eigenvalue weighted by Gasteiger charge is -2.31. The van der Waals surface area contributed by atoms with E-state index in [2.05, 4.69) is 5.32 Å². The second-order valence-corrected chi connectivity index (χ2v) is 12.6. The average molecular weight is 585 g/mol. The van der Waals surface area contributed by atoms with E-state index >= 15 is 0 Å². The largest absolute Gasteiger partial charge is 0.492 e. The third kappa shape index (κ3) is 7.44. The molecule has 1 aliphatic heterocycles. The van der Waals surface area contributed by atoms with Gasteiger partial charge in [-0.15, -0.1) is 0 Å². The minimum atomic E-state index is -3.98. The van der Waals surface area contributed by atoms with Crippen LogP contribution < -0.4 is 14.4 Å². The Balaban J connectivity index is 1.63. The standard InChI is InChI=1S/C24H32N4O9S2/c1-4-22(27(38(3,32)33)23-17-19(28(30)31)6-5-18(23)2)24(29)25-11-14-37-20-7-9-21(10-8-20)39(34,35)26-12-15-36-16-13-26/h5-10,17,22H,4,11-16H2,1-3H3,(H,25,29)/t22-/m1/s1. The molecule has 1 N–H and O–H groups in total. The summed E-state index contributed by atoms with van der Waals surface area (Å²) in [7, 11) is -7.61. The van der Waals surface area contributed by atoms with Gasteiger partial charge in [-0.25, -0.2) is 16.8 Å². The topological polar surface area (TPSA) is 165 Å². The van der Waals surface area contributed by atoms with E-state index in [-0.39, 0.29) is 48.9 Å². The summed E-state index contributed by atoms with van der Waals surface area (Å²) in [4.78, 5) is 23.7. The summed E-state index contributed by atoms with van der Waals surface area (Å²) in [6.07, 6.45) is 1.05. The zero-order chi connectivity index (χ0) is 28.8. The molecule has 0 bridgehead atoms. The molecule has 0 aromatic heterocycles. The minimum absolute atomic E-state index is 0.0342. The summed E-state index contributed by atoms with van der Waals surface area (Å²) in [5.41, 5.74) is 0.216. The Morgan fingerprint density at radius 3 is 2.36 bits per heavy atom. The number of rotatable bonds is 12. The number of nitrogens with zero attached hydrogens (tertiary/aromatic N) is 3. The molecule has 0 saturated carbocycles. The number of carbonyl (C=O) groups excluding carboxylic acids is 1. The predicted molar refractivity (Wildman–Crippen MR) is 144 cm³/mol. The molecule has 1 saturated heterocycles. The van der Waals surface area contributed by atoms with Crippen LogP contribution in [0.1, 0.15) is 18.9 Å².